The number of ether oxygens (including phenoxy) is 1. The van der Waals surface area contributed by atoms with Gasteiger partial charge < -0.3 is 29.8 Å². The van der Waals surface area contributed by atoms with Gasteiger partial charge in [0.15, 0.2) is 18.9 Å². The molecule has 2 N–H and O–H groups in total. The number of fused-ring (bicyclic) bond motifs is 1. The molecule has 2 saturated heterocycles. The highest BCUT2D eigenvalue weighted by atomic mass is 32.2. The molecule has 238 valence electrons. The van der Waals surface area contributed by atoms with Crippen LogP contribution in [0.4, 0.5) is 14.9 Å². The van der Waals surface area contributed by atoms with Crippen LogP contribution in [0.1, 0.15) is 6.92 Å². The fraction of sp³-hybridized carbons (Fsp3) is 0.300. The van der Waals surface area contributed by atoms with E-state index in [4.69, 9.17) is 4.74 Å². The predicted octanol–water partition coefficient (Wildman–Crippen LogP) is -0.458. The highest BCUT2D eigenvalue weighted by Gasteiger charge is 2.53. The lowest BCUT2D eigenvalue weighted by Gasteiger charge is -2.50. The summed E-state index contributed by atoms with van der Waals surface area (Å²) in [6, 6.07) is 6.88. The van der Waals surface area contributed by atoms with E-state index in [0.29, 0.717) is 22.6 Å². The number of pyridine rings is 1. The molecule has 3 atom stereocenters. The zero-order valence-corrected chi connectivity index (χ0v) is 25.2. The Bertz CT molecular complexity index is 1750. The second-order valence-electron chi connectivity index (χ2n) is 10.9. The summed E-state index contributed by atoms with van der Waals surface area (Å²) in [5.74, 6) is -2.93. The zero-order valence-electron chi connectivity index (χ0n) is 24.4. The summed E-state index contributed by atoms with van der Waals surface area (Å²) in [6.07, 6.45) is 6.78. The summed E-state index contributed by atoms with van der Waals surface area (Å²) >= 11 is 1.35. The van der Waals surface area contributed by atoms with E-state index < -0.39 is 47.2 Å². The van der Waals surface area contributed by atoms with Crippen molar-refractivity contribution >= 4 is 47.2 Å². The van der Waals surface area contributed by atoms with Gasteiger partial charge in [-0.3, -0.25) is 24.2 Å². The number of aliphatic carboxylic acids is 1. The monoisotopic (exact) mass is 649 g/mol. The first-order valence-corrected chi connectivity index (χ1v) is 15.3. The van der Waals surface area contributed by atoms with Crippen LogP contribution in [0.2, 0.25) is 0 Å². The van der Waals surface area contributed by atoms with Crippen molar-refractivity contribution < 1.29 is 42.8 Å². The number of hydrogen-bond acceptors (Lipinski definition) is 9. The number of thioether (sulfide) groups is 1. The number of carboxylic acids is 1. The molecule has 46 heavy (non-hydrogen) atoms. The van der Waals surface area contributed by atoms with E-state index in [2.05, 4.69) is 15.6 Å². The second-order valence-corrected chi connectivity index (χ2v) is 12.0. The molecule has 5 heterocycles. The number of carboxylic acid groups (broad SMARTS) is 1. The van der Waals surface area contributed by atoms with Gasteiger partial charge in [-0.05, 0) is 23.8 Å². The summed E-state index contributed by atoms with van der Waals surface area (Å²) in [7, 11) is 0. The molecule has 0 radical (unpaired) electrons. The fourth-order valence-electron chi connectivity index (χ4n) is 5.52. The lowest BCUT2D eigenvalue weighted by molar-refractivity contribution is -0.689. The van der Waals surface area contributed by atoms with Crippen molar-refractivity contribution in [2.75, 3.05) is 23.7 Å². The quantitative estimate of drug-likeness (QED) is 0.218. The van der Waals surface area contributed by atoms with Crippen LogP contribution in [0.5, 0.6) is 0 Å². The molecule has 14 nitrogen and oxygen atoms in total. The molecule has 1 aromatic carbocycles. The smallest absolute Gasteiger partial charge is 0.414 e. The Kier molecular flexibility index (Phi) is 8.44. The number of cyclic esters (lactones) is 1. The van der Waals surface area contributed by atoms with Crippen molar-refractivity contribution in [2.24, 2.45) is 0 Å². The SMILES string of the molecule is CC(=O)NC[C@H]1CN(c2ccc(-c3cc[n+](CC4=C(C(=O)[O-])N5C(=O)[C@@H](NC(=O)Cn6ccnc6)C5SC4)cc3)c(F)c2)C(=O)O1. The third-order valence-corrected chi connectivity index (χ3v) is 9.07. The number of aromatic nitrogens is 3. The Morgan fingerprint density at radius 2 is 1.98 bits per heavy atom. The molecule has 3 aromatic rings. The number of carbonyl (C=O) groups is 5. The molecule has 3 aliphatic heterocycles. The summed E-state index contributed by atoms with van der Waals surface area (Å²) in [4.78, 5) is 67.3. The van der Waals surface area contributed by atoms with Gasteiger partial charge in [-0.25, -0.2) is 18.7 Å². The van der Waals surface area contributed by atoms with Gasteiger partial charge in [0, 0.05) is 48.3 Å². The number of nitrogens with one attached hydrogen (secondary N) is 2. The van der Waals surface area contributed by atoms with Crippen molar-refractivity contribution in [3.05, 3.63) is 78.5 Å². The van der Waals surface area contributed by atoms with Crippen LogP contribution in [-0.4, -0.2) is 80.6 Å². The summed E-state index contributed by atoms with van der Waals surface area (Å²) in [6.45, 7) is 1.80. The molecule has 16 heteroatoms. The Morgan fingerprint density at radius 1 is 1.20 bits per heavy atom. The van der Waals surface area contributed by atoms with Crippen molar-refractivity contribution in [1.29, 1.82) is 0 Å². The number of rotatable bonds is 10. The largest absolute Gasteiger partial charge is 0.543 e. The minimum Gasteiger partial charge on any atom is -0.543 e. The van der Waals surface area contributed by atoms with Gasteiger partial charge in [0.25, 0.3) is 5.91 Å². The number of amides is 4. The molecule has 2 aromatic heterocycles. The first-order chi connectivity index (χ1) is 22.1. The van der Waals surface area contributed by atoms with Crippen LogP contribution in [0, 0.1) is 5.82 Å². The fourth-order valence-corrected chi connectivity index (χ4v) is 6.86. The van der Waals surface area contributed by atoms with Gasteiger partial charge in [0.2, 0.25) is 11.8 Å². The Hall–Kier alpha value is -5.25. The summed E-state index contributed by atoms with van der Waals surface area (Å²) < 4.78 is 23.7. The number of carbonyl (C=O) groups excluding carboxylic acids is 5. The van der Waals surface area contributed by atoms with E-state index in [1.54, 1.807) is 52.0 Å². The number of hydrogen-bond donors (Lipinski definition) is 2. The van der Waals surface area contributed by atoms with Crippen molar-refractivity contribution in [3.8, 4) is 11.1 Å². The normalized spacial score (nSPS) is 20.6. The highest BCUT2D eigenvalue weighted by Crippen LogP contribution is 2.40. The average Bonchev–Trinajstić information content (AvgIpc) is 3.68. The number of halogens is 1. The number of benzene rings is 1. The molecular formula is C30H28FN7O7S. The number of β-lactam (4-membered cyclic amide) rings is 1. The van der Waals surface area contributed by atoms with Gasteiger partial charge in [-0.15, -0.1) is 11.8 Å². The molecule has 1 unspecified atom stereocenters. The van der Waals surface area contributed by atoms with Crippen LogP contribution < -0.4 is 25.2 Å². The minimum absolute atomic E-state index is 0.0229. The first-order valence-electron chi connectivity index (χ1n) is 14.2. The zero-order chi connectivity index (χ0) is 32.5. The molecule has 0 spiro atoms. The number of anilines is 1. The van der Waals surface area contributed by atoms with E-state index in [1.165, 1.54) is 42.2 Å². The minimum atomic E-state index is -1.49. The van der Waals surface area contributed by atoms with E-state index in [-0.39, 0.29) is 43.3 Å². The topological polar surface area (TPSA) is 170 Å². The van der Waals surface area contributed by atoms with Gasteiger partial charge in [-0.1, -0.05) is 0 Å². The van der Waals surface area contributed by atoms with Gasteiger partial charge in [0.1, 0.15) is 29.9 Å². The Labute approximate surface area is 265 Å². The number of imidazole rings is 1. The molecule has 0 saturated carbocycles. The molecule has 0 aliphatic carbocycles. The molecule has 4 amide bonds. The van der Waals surface area contributed by atoms with E-state index in [9.17, 15) is 29.1 Å². The summed E-state index contributed by atoms with van der Waals surface area (Å²) in [5.41, 5.74) is 1.40. The van der Waals surface area contributed by atoms with Gasteiger partial charge in [0.05, 0.1) is 36.8 Å². The van der Waals surface area contributed by atoms with Crippen LogP contribution in [0.3, 0.4) is 0 Å². The highest BCUT2D eigenvalue weighted by molar-refractivity contribution is 8.00. The van der Waals surface area contributed by atoms with Crippen molar-refractivity contribution in [1.82, 2.24) is 25.1 Å². The van der Waals surface area contributed by atoms with E-state index in [0.717, 1.165) is 4.90 Å². The van der Waals surface area contributed by atoms with Gasteiger partial charge in [-0.2, -0.15) is 0 Å². The van der Waals surface area contributed by atoms with Crippen LogP contribution in [0.15, 0.2) is 72.7 Å². The predicted molar refractivity (Wildman–Crippen MR) is 158 cm³/mol. The van der Waals surface area contributed by atoms with Crippen molar-refractivity contribution in [3.63, 3.8) is 0 Å². The maximum Gasteiger partial charge on any atom is 0.414 e. The molecular weight excluding hydrogens is 621 g/mol. The van der Waals surface area contributed by atoms with Crippen LogP contribution in [0.25, 0.3) is 11.1 Å². The van der Waals surface area contributed by atoms with E-state index >= 15 is 4.39 Å². The number of nitrogens with zero attached hydrogens (tertiary/aromatic N) is 5. The first kappa shape index (κ1) is 30.8. The van der Waals surface area contributed by atoms with Gasteiger partial charge >= 0.3 is 6.09 Å². The van der Waals surface area contributed by atoms with Crippen LogP contribution in [-0.2, 0) is 37.0 Å². The van der Waals surface area contributed by atoms with Crippen molar-refractivity contribution in [2.45, 2.75) is 37.5 Å². The molecule has 2 fully saturated rings. The lowest BCUT2D eigenvalue weighted by Crippen LogP contribution is -2.71. The Morgan fingerprint density at radius 3 is 2.65 bits per heavy atom. The maximum atomic E-state index is 15.2. The third-order valence-electron chi connectivity index (χ3n) is 7.74. The molecule has 6 rings (SSSR count). The van der Waals surface area contributed by atoms with Crippen LogP contribution >= 0.6 is 11.8 Å². The third kappa shape index (κ3) is 6.15. The maximum absolute atomic E-state index is 15.2. The summed E-state index contributed by atoms with van der Waals surface area (Å²) in [5, 5.41) is 16.9. The molecule has 3 aliphatic rings. The average molecular weight is 650 g/mol. The standard InChI is InChI=1S/C30H28FN7O7S/c1-17(39)33-11-21-13-37(30(44)45-21)20-2-3-22(23(31)10-20)18-4-7-35(8-5-18)12-19-15-46-28-25(27(41)38(28)26(19)29(42)43)34-24(40)14-36-9-6-32-16-36/h2-10,16,21,25,28H,11-15H2,1H3,(H2-,33,34,39,40,42,43)/t21-,25+,28?/m0/s1. The molecule has 0 bridgehead atoms. The van der Waals surface area contributed by atoms with E-state index in [1.807, 2.05) is 0 Å². The Balaban J connectivity index is 1.11. The second kappa shape index (κ2) is 12.6. The lowest BCUT2D eigenvalue weighted by atomic mass is 10.0.